The van der Waals surface area contributed by atoms with Gasteiger partial charge in [-0.2, -0.15) is 5.10 Å². The number of carbonyl (C=O) groups excluding carboxylic acids is 1. The summed E-state index contributed by atoms with van der Waals surface area (Å²) >= 11 is 6.47. The number of hydrogen-bond acceptors (Lipinski definition) is 3. The van der Waals surface area contributed by atoms with Crippen LogP contribution in [0.2, 0.25) is 5.02 Å². The molecule has 0 spiro atoms. The van der Waals surface area contributed by atoms with Gasteiger partial charge in [-0.25, -0.2) is 4.39 Å². The molecular weight excluding hydrogens is 381 g/mol. The highest BCUT2D eigenvalue weighted by Crippen LogP contribution is 2.36. The molecule has 1 aromatic heterocycles. The quantitative estimate of drug-likeness (QED) is 0.726. The molecule has 2 aromatic carbocycles. The van der Waals surface area contributed by atoms with Gasteiger partial charge in [0.15, 0.2) is 5.75 Å². The first-order valence-electron chi connectivity index (χ1n) is 8.95. The first kappa shape index (κ1) is 18.5. The van der Waals surface area contributed by atoms with Crippen LogP contribution in [0.3, 0.4) is 0 Å². The Morgan fingerprint density at radius 3 is 2.82 bits per heavy atom. The SMILES string of the molecule is Cc1c(Cc2ccc(-c3ccn(C)n3)c(F)c2)cc2c(c1Cl)OCCNC2=O. The first-order chi connectivity index (χ1) is 13.4. The Morgan fingerprint density at radius 2 is 2.11 bits per heavy atom. The molecule has 3 aromatic rings. The second-order valence-electron chi connectivity index (χ2n) is 6.82. The van der Waals surface area contributed by atoms with E-state index in [0.29, 0.717) is 47.2 Å². The fourth-order valence-electron chi connectivity index (χ4n) is 3.34. The zero-order valence-corrected chi connectivity index (χ0v) is 16.3. The molecule has 28 heavy (non-hydrogen) atoms. The maximum absolute atomic E-state index is 14.7. The van der Waals surface area contributed by atoms with E-state index in [1.807, 2.05) is 13.0 Å². The molecule has 7 heteroatoms. The molecule has 2 heterocycles. The van der Waals surface area contributed by atoms with Gasteiger partial charge < -0.3 is 10.1 Å². The van der Waals surface area contributed by atoms with Gasteiger partial charge in [0.1, 0.15) is 12.4 Å². The van der Waals surface area contributed by atoms with Gasteiger partial charge in [0.2, 0.25) is 0 Å². The van der Waals surface area contributed by atoms with Gasteiger partial charge in [-0.1, -0.05) is 17.7 Å². The number of nitrogens with one attached hydrogen (secondary N) is 1. The molecule has 5 nitrogen and oxygen atoms in total. The highest BCUT2D eigenvalue weighted by Gasteiger charge is 2.23. The van der Waals surface area contributed by atoms with E-state index in [9.17, 15) is 9.18 Å². The van der Waals surface area contributed by atoms with Crippen LogP contribution in [0.25, 0.3) is 11.3 Å². The lowest BCUT2D eigenvalue weighted by molar-refractivity contribution is 0.0957. The minimum absolute atomic E-state index is 0.215. The van der Waals surface area contributed by atoms with Gasteiger partial charge in [0.05, 0.1) is 22.8 Å². The maximum Gasteiger partial charge on any atom is 0.255 e. The Hall–Kier alpha value is -2.86. The second-order valence-corrected chi connectivity index (χ2v) is 7.20. The number of hydrogen-bond donors (Lipinski definition) is 1. The lowest BCUT2D eigenvalue weighted by Gasteiger charge is -2.15. The van der Waals surface area contributed by atoms with Crippen molar-refractivity contribution >= 4 is 17.5 Å². The van der Waals surface area contributed by atoms with Crippen LogP contribution in [-0.2, 0) is 13.5 Å². The van der Waals surface area contributed by atoms with Gasteiger partial charge in [0, 0.05) is 18.8 Å². The fraction of sp³-hybridized carbons (Fsp3) is 0.238. The third-order valence-electron chi connectivity index (χ3n) is 4.87. The van der Waals surface area contributed by atoms with Crippen molar-refractivity contribution in [2.24, 2.45) is 7.05 Å². The largest absolute Gasteiger partial charge is 0.489 e. The Labute approximate surface area is 167 Å². The number of nitrogens with zero attached hydrogens (tertiary/aromatic N) is 2. The van der Waals surface area contributed by atoms with E-state index in [0.717, 1.165) is 16.7 Å². The normalized spacial score (nSPS) is 13.5. The molecule has 1 amide bonds. The summed E-state index contributed by atoms with van der Waals surface area (Å²) in [6.07, 6.45) is 2.22. The number of fused-ring (bicyclic) bond motifs is 1. The van der Waals surface area contributed by atoms with Crippen molar-refractivity contribution in [3.8, 4) is 17.0 Å². The monoisotopic (exact) mass is 399 g/mol. The van der Waals surface area contributed by atoms with Crippen molar-refractivity contribution in [1.82, 2.24) is 15.1 Å². The van der Waals surface area contributed by atoms with E-state index in [1.54, 1.807) is 36.1 Å². The van der Waals surface area contributed by atoms with Crippen molar-refractivity contribution in [3.05, 3.63) is 69.6 Å². The minimum atomic E-state index is -0.337. The number of amides is 1. The predicted molar refractivity (Wildman–Crippen MR) is 105 cm³/mol. The summed E-state index contributed by atoms with van der Waals surface area (Å²) in [6.45, 7) is 2.68. The summed E-state index contributed by atoms with van der Waals surface area (Å²) in [7, 11) is 1.79. The summed E-state index contributed by atoms with van der Waals surface area (Å²) in [5.74, 6) is -0.141. The van der Waals surface area contributed by atoms with Crippen molar-refractivity contribution in [2.45, 2.75) is 13.3 Å². The van der Waals surface area contributed by atoms with Crippen molar-refractivity contribution in [2.75, 3.05) is 13.2 Å². The molecule has 1 aliphatic heterocycles. The zero-order valence-electron chi connectivity index (χ0n) is 15.6. The second kappa shape index (κ2) is 7.28. The predicted octanol–water partition coefficient (Wildman–Crippen LogP) is 3.90. The van der Waals surface area contributed by atoms with Crippen LogP contribution in [0.15, 0.2) is 36.5 Å². The van der Waals surface area contributed by atoms with E-state index in [2.05, 4.69) is 10.4 Å². The highest BCUT2D eigenvalue weighted by molar-refractivity contribution is 6.33. The molecule has 0 saturated heterocycles. The van der Waals surface area contributed by atoms with Crippen LogP contribution in [0, 0.1) is 12.7 Å². The number of halogens is 2. The summed E-state index contributed by atoms with van der Waals surface area (Å²) in [5, 5.41) is 7.46. The Kier molecular flexibility index (Phi) is 4.81. The zero-order chi connectivity index (χ0) is 19.8. The molecule has 0 bridgehead atoms. The van der Waals surface area contributed by atoms with E-state index >= 15 is 0 Å². The topological polar surface area (TPSA) is 56.1 Å². The molecule has 0 radical (unpaired) electrons. The Balaban J connectivity index is 1.69. The third-order valence-corrected chi connectivity index (χ3v) is 5.32. The average molecular weight is 400 g/mol. The van der Waals surface area contributed by atoms with E-state index < -0.39 is 0 Å². The molecule has 144 valence electrons. The van der Waals surface area contributed by atoms with Gasteiger partial charge in [0.25, 0.3) is 5.91 Å². The first-order valence-corrected chi connectivity index (χ1v) is 9.33. The van der Waals surface area contributed by atoms with Crippen molar-refractivity contribution in [1.29, 1.82) is 0 Å². The van der Waals surface area contributed by atoms with Crippen LogP contribution in [0.5, 0.6) is 5.75 Å². The molecule has 0 unspecified atom stereocenters. The lowest BCUT2D eigenvalue weighted by atomic mass is 9.96. The van der Waals surface area contributed by atoms with Crippen LogP contribution >= 0.6 is 11.6 Å². The number of rotatable bonds is 3. The van der Waals surface area contributed by atoms with Crippen LogP contribution < -0.4 is 10.1 Å². The highest BCUT2D eigenvalue weighted by atomic mass is 35.5. The summed E-state index contributed by atoms with van der Waals surface area (Å²) in [5.41, 5.74) is 3.91. The van der Waals surface area contributed by atoms with Gasteiger partial charge >= 0.3 is 0 Å². The van der Waals surface area contributed by atoms with Gasteiger partial charge in [-0.05, 0) is 54.3 Å². The number of benzene rings is 2. The molecule has 1 aliphatic rings. The summed E-state index contributed by atoms with van der Waals surface area (Å²) in [4.78, 5) is 12.3. The summed E-state index contributed by atoms with van der Waals surface area (Å²) in [6, 6.07) is 8.64. The van der Waals surface area contributed by atoms with Crippen LogP contribution in [0.4, 0.5) is 4.39 Å². The van der Waals surface area contributed by atoms with Crippen molar-refractivity contribution < 1.29 is 13.9 Å². The average Bonchev–Trinajstić information content (AvgIpc) is 3.00. The van der Waals surface area contributed by atoms with Gasteiger partial charge in [-0.15, -0.1) is 0 Å². The maximum atomic E-state index is 14.7. The van der Waals surface area contributed by atoms with Gasteiger partial charge in [-0.3, -0.25) is 9.48 Å². The third kappa shape index (κ3) is 3.36. The van der Waals surface area contributed by atoms with E-state index in [4.69, 9.17) is 16.3 Å². The summed E-state index contributed by atoms with van der Waals surface area (Å²) < 4.78 is 21.9. The molecular formula is C21H19ClFN3O2. The number of aryl methyl sites for hydroxylation is 1. The fourth-order valence-corrected chi connectivity index (χ4v) is 3.62. The Morgan fingerprint density at radius 1 is 1.29 bits per heavy atom. The molecule has 0 aliphatic carbocycles. The number of carbonyl (C=O) groups is 1. The van der Waals surface area contributed by atoms with Crippen LogP contribution in [-0.4, -0.2) is 28.8 Å². The lowest BCUT2D eigenvalue weighted by Crippen LogP contribution is -2.24. The smallest absolute Gasteiger partial charge is 0.255 e. The molecule has 1 N–H and O–H groups in total. The van der Waals surface area contributed by atoms with E-state index in [-0.39, 0.29) is 11.7 Å². The van der Waals surface area contributed by atoms with Crippen LogP contribution in [0.1, 0.15) is 27.0 Å². The molecule has 4 rings (SSSR count). The Bertz CT molecular complexity index is 1080. The molecule has 0 atom stereocenters. The van der Waals surface area contributed by atoms with E-state index in [1.165, 1.54) is 6.07 Å². The number of ether oxygens (including phenoxy) is 1. The molecule has 0 saturated carbocycles. The standard InChI is InChI=1S/C21H19ClFN3O2/c1-12-14(11-16-20(19(12)22)28-8-6-24-21(16)27)9-13-3-4-15(17(23)10-13)18-5-7-26(2)25-18/h3-5,7,10-11H,6,8-9H2,1-2H3,(H,24,27). The molecule has 0 fully saturated rings. The minimum Gasteiger partial charge on any atom is -0.489 e. The van der Waals surface area contributed by atoms with Crippen molar-refractivity contribution in [3.63, 3.8) is 0 Å². The number of aromatic nitrogens is 2.